The predicted molar refractivity (Wildman–Crippen MR) is 97.1 cm³/mol. The van der Waals surface area contributed by atoms with Crippen LogP contribution in [0.2, 0.25) is 0 Å². The topological polar surface area (TPSA) is 107 Å². The first-order chi connectivity index (χ1) is 11.3. The molecular weight excluding hydrogens is 390 g/mol. The highest BCUT2D eigenvalue weighted by molar-refractivity contribution is 8.27. The second kappa shape index (κ2) is 6.65. The van der Waals surface area contributed by atoms with Gasteiger partial charge < -0.3 is 9.45 Å². The van der Waals surface area contributed by atoms with Crippen molar-refractivity contribution in [1.29, 1.82) is 0 Å². The standard InChI is InChI=1S/C13H13N3O4S4/c14-16-11(17)10(23-13(16)21)12-15(6-3-7-24(18,19)20)8-4-1-2-5-9(8)22-12/h1-2,4-5H,3,6-7,14H2,(H,18,19,20)/p-1. The summed E-state index contributed by atoms with van der Waals surface area (Å²) in [7, 11) is -4.28. The molecule has 1 fully saturated rings. The van der Waals surface area contributed by atoms with Crippen LogP contribution in [0.5, 0.6) is 0 Å². The molecule has 11 heteroatoms. The van der Waals surface area contributed by atoms with Gasteiger partial charge in [-0.05, 0) is 18.6 Å². The fourth-order valence-electron chi connectivity index (χ4n) is 2.33. The molecule has 1 aromatic carbocycles. The molecule has 0 bridgehead atoms. The van der Waals surface area contributed by atoms with E-state index in [1.165, 1.54) is 11.8 Å². The zero-order valence-corrected chi connectivity index (χ0v) is 15.4. The van der Waals surface area contributed by atoms with Gasteiger partial charge in [0.15, 0.2) is 4.32 Å². The number of carbonyl (C=O) groups excluding carboxylic acids is 1. The molecule has 0 unspecified atom stereocenters. The predicted octanol–water partition coefficient (Wildman–Crippen LogP) is 1.44. The van der Waals surface area contributed by atoms with E-state index in [1.807, 2.05) is 29.2 Å². The van der Waals surface area contributed by atoms with Gasteiger partial charge in [0, 0.05) is 17.2 Å². The van der Waals surface area contributed by atoms with Crippen molar-refractivity contribution in [3.63, 3.8) is 0 Å². The number of anilines is 1. The van der Waals surface area contributed by atoms with Gasteiger partial charge >= 0.3 is 0 Å². The monoisotopic (exact) mass is 402 g/mol. The van der Waals surface area contributed by atoms with Gasteiger partial charge in [-0.15, -0.1) is 0 Å². The minimum Gasteiger partial charge on any atom is -0.748 e. The molecule has 0 radical (unpaired) electrons. The molecule has 2 heterocycles. The first-order valence-corrected chi connectivity index (χ1v) is 10.4. The second-order valence-electron chi connectivity index (χ2n) is 5.01. The third-order valence-corrected chi connectivity index (χ3v) is 6.87. The average Bonchev–Trinajstić information content (AvgIpc) is 2.99. The van der Waals surface area contributed by atoms with Crippen LogP contribution in [0, 0.1) is 0 Å². The highest BCUT2D eigenvalue weighted by atomic mass is 32.2. The molecule has 24 heavy (non-hydrogen) atoms. The molecule has 3 rings (SSSR count). The van der Waals surface area contributed by atoms with Crippen LogP contribution < -0.4 is 10.7 Å². The van der Waals surface area contributed by atoms with Gasteiger partial charge in [-0.1, -0.05) is 47.9 Å². The van der Waals surface area contributed by atoms with Gasteiger partial charge in [0.05, 0.1) is 15.8 Å². The fourth-order valence-corrected chi connectivity index (χ4v) is 5.26. The van der Waals surface area contributed by atoms with E-state index in [4.69, 9.17) is 18.1 Å². The number of hydrazine groups is 1. The number of carbonyl (C=O) groups is 1. The van der Waals surface area contributed by atoms with Crippen molar-refractivity contribution in [2.75, 3.05) is 17.2 Å². The highest BCUT2D eigenvalue weighted by Crippen LogP contribution is 2.50. The Balaban J connectivity index is 1.94. The molecule has 128 valence electrons. The molecule has 1 aromatic rings. The van der Waals surface area contributed by atoms with Crippen LogP contribution in [0.3, 0.4) is 0 Å². The second-order valence-corrected chi connectivity index (χ2v) is 9.21. The molecule has 2 aliphatic rings. The number of fused-ring (bicyclic) bond motifs is 1. The Hall–Kier alpha value is -1.11. The van der Waals surface area contributed by atoms with E-state index in [1.54, 1.807) is 0 Å². The van der Waals surface area contributed by atoms with Crippen molar-refractivity contribution in [2.45, 2.75) is 11.3 Å². The van der Waals surface area contributed by atoms with Crippen LogP contribution in [-0.4, -0.2) is 40.5 Å². The van der Waals surface area contributed by atoms with Crippen molar-refractivity contribution in [3.05, 3.63) is 34.2 Å². The van der Waals surface area contributed by atoms with Gasteiger partial charge in [0.1, 0.15) is 9.93 Å². The van der Waals surface area contributed by atoms with Gasteiger partial charge in [-0.25, -0.2) is 19.3 Å². The summed E-state index contributed by atoms with van der Waals surface area (Å²) >= 11 is 7.57. The largest absolute Gasteiger partial charge is 0.748 e. The molecular formula is C13H12N3O4S4-. The number of para-hydroxylation sites is 1. The molecule has 7 nitrogen and oxygen atoms in total. The summed E-state index contributed by atoms with van der Waals surface area (Å²) in [5, 5.41) is 1.58. The van der Waals surface area contributed by atoms with E-state index in [9.17, 15) is 17.8 Å². The maximum absolute atomic E-state index is 12.3. The quantitative estimate of drug-likeness (QED) is 0.263. The normalized spacial score (nSPS) is 20.9. The number of hydrogen-bond donors (Lipinski definition) is 1. The van der Waals surface area contributed by atoms with Crippen LogP contribution in [0.15, 0.2) is 39.1 Å². The lowest BCUT2D eigenvalue weighted by Gasteiger charge is -2.21. The summed E-state index contributed by atoms with van der Waals surface area (Å²) in [6.45, 7) is 0.301. The van der Waals surface area contributed by atoms with Crippen LogP contribution >= 0.6 is 35.7 Å². The number of benzene rings is 1. The van der Waals surface area contributed by atoms with Crippen LogP contribution in [0.25, 0.3) is 0 Å². The minimum atomic E-state index is -4.28. The van der Waals surface area contributed by atoms with Crippen molar-refractivity contribution in [1.82, 2.24) is 5.01 Å². The van der Waals surface area contributed by atoms with Gasteiger partial charge in [-0.2, -0.15) is 0 Å². The van der Waals surface area contributed by atoms with E-state index < -0.39 is 15.9 Å². The smallest absolute Gasteiger partial charge is 0.283 e. The summed E-state index contributed by atoms with van der Waals surface area (Å²) in [6.07, 6.45) is 0.160. The van der Waals surface area contributed by atoms with Gasteiger partial charge in [-0.3, -0.25) is 4.79 Å². The molecule has 1 amide bonds. The maximum Gasteiger partial charge on any atom is 0.283 e. The Kier molecular flexibility index (Phi) is 4.91. The Bertz CT molecular complexity index is 853. The van der Waals surface area contributed by atoms with E-state index in [0.29, 0.717) is 16.5 Å². The molecule has 0 saturated carbocycles. The summed E-state index contributed by atoms with van der Waals surface area (Å²) in [6, 6.07) is 7.52. The molecule has 0 aliphatic carbocycles. The van der Waals surface area contributed by atoms with Crippen molar-refractivity contribution >= 4 is 61.8 Å². The Morgan fingerprint density at radius 3 is 2.58 bits per heavy atom. The summed E-state index contributed by atoms with van der Waals surface area (Å²) in [5.41, 5.74) is 0.864. The highest BCUT2D eigenvalue weighted by Gasteiger charge is 2.37. The summed E-state index contributed by atoms with van der Waals surface area (Å²) in [5.74, 6) is 4.78. The zero-order valence-electron chi connectivity index (χ0n) is 12.2. The molecule has 0 atom stereocenters. The fraction of sp³-hybridized carbons (Fsp3) is 0.231. The summed E-state index contributed by atoms with van der Waals surface area (Å²) in [4.78, 5) is 15.5. The van der Waals surface area contributed by atoms with Crippen LogP contribution in [-0.2, 0) is 14.9 Å². The Morgan fingerprint density at radius 1 is 1.25 bits per heavy atom. The average molecular weight is 403 g/mol. The molecule has 2 N–H and O–H groups in total. The van der Waals surface area contributed by atoms with Crippen molar-refractivity contribution in [2.24, 2.45) is 5.84 Å². The van der Waals surface area contributed by atoms with E-state index in [0.717, 1.165) is 27.4 Å². The van der Waals surface area contributed by atoms with Gasteiger partial charge in [0.25, 0.3) is 5.91 Å². The van der Waals surface area contributed by atoms with Gasteiger partial charge in [0.2, 0.25) is 0 Å². The van der Waals surface area contributed by atoms with Crippen molar-refractivity contribution in [3.8, 4) is 0 Å². The van der Waals surface area contributed by atoms with Crippen LogP contribution in [0.4, 0.5) is 5.69 Å². The first kappa shape index (κ1) is 17.7. The number of thioether (sulfide) groups is 2. The Labute approximate surface area is 153 Å². The number of rotatable bonds is 4. The summed E-state index contributed by atoms with van der Waals surface area (Å²) < 4.78 is 32.8. The van der Waals surface area contributed by atoms with E-state index >= 15 is 0 Å². The number of thiocarbonyl (C=S) groups is 1. The molecule has 1 saturated heterocycles. The third-order valence-electron chi connectivity index (χ3n) is 3.38. The number of nitrogens with zero attached hydrogens (tertiary/aromatic N) is 2. The SMILES string of the molecule is NN1C(=O)C(=C2Sc3ccccc3N2CCCS(=O)(=O)[O-])SC1=S. The Morgan fingerprint density at radius 2 is 1.96 bits per heavy atom. The van der Waals surface area contributed by atoms with E-state index in [-0.39, 0.29) is 16.6 Å². The number of amides is 1. The minimum absolute atomic E-state index is 0.160. The van der Waals surface area contributed by atoms with E-state index in [2.05, 4.69) is 0 Å². The zero-order chi connectivity index (χ0) is 17.5. The first-order valence-electron chi connectivity index (χ1n) is 6.81. The lowest BCUT2D eigenvalue weighted by atomic mass is 10.3. The number of nitrogens with two attached hydrogens (primary N) is 1. The molecule has 0 spiro atoms. The number of hydrogen-bond acceptors (Lipinski definition) is 9. The molecule has 0 aromatic heterocycles. The van der Waals surface area contributed by atoms with Crippen molar-refractivity contribution < 1.29 is 17.8 Å². The third kappa shape index (κ3) is 3.46. The maximum atomic E-state index is 12.3. The molecule has 2 aliphatic heterocycles. The van der Waals surface area contributed by atoms with Crippen LogP contribution in [0.1, 0.15) is 6.42 Å². The lowest BCUT2D eigenvalue weighted by Crippen LogP contribution is -2.35. The lowest BCUT2D eigenvalue weighted by molar-refractivity contribution is -0.122.